The molecule has 0 saturated heterocycles. The van der Waals surface area contributed by atoms with Crippen LogP contribution in [0.2, 0.25) is 0 Å². The Morgan fingerprint density at radius 3 is 2.89 bits per heavy atom. The molecule has 0 bridgehead atoms. The van der Waals surface area contributed by atoms with Crippen LogP contribution in [-0.4, -0.2) is 29.0 Å². The Morgan fingerprint density at radius 2 is 2.21 bits per heavy atom. The number of esters is 1. The van der Waals surface area contributed by atoms with Crippen molar-refractivity contribution in [2.24, 2.45) is 0 Å². The highest BCUT2D eigenvalue weighted by atomic mass is 16.6. The molecule has 1 aromatic carbocycles. The standard InChI is InChI=1S/C13H14N2O4/c1-2-19-13(16)11(8-15(17)18)10-7-14-12-6-4-3-5-9(10)12/h3-7,11,14H,2,8H2,1H3/t11-/m0/s1. The van der Waals surface area contributed by atoms with Crippen LogP contribution in [0.15, 0.2) is 30.5 Å². The lowest BCUT2D eigenvalue weighted by atomic mass is 9.99. The van der Waals surface area contributed by atoms with Crippen molar-refractivity contribution in [1.29, 1.82) is 0 Å². The fourth-order valence-corrected chi connectivity index (χ4v) is 2.07. The minimum absolute atomic E-state index is 0.204. The van der Waals surface area contributed by atoms with Gasteiger partial charge in [-0.3, -0.25) is 14.9 Å². The third-order valence-electron chi connectivity index (χ3n) is 2.90. The van der Waals surface area contributed by atoms with Crippen LogP contribution in [0.4, 0.5) is 0 Å². The first kappa shape index (κ1) is 13.1. The normalized spacial score (nSPS) is 12.3. The highest BCUT2D eigenvalue weighted by molar-refractivity contribution is 5.90. The van der Waals surface area contributed by atoms with Gasteiger partial charge in [-0.05, 0) is 18.6 Å². The summed E-state index contributed by atoms with van der Waals surface area (Å²) >= 11 is 0. The number of nitro groups is 1. The molecule has 0 unspecified atom stereocenters. The number of nitrogens with one attached hydrogen (secondary N) is 1. The second kappa shape index (κ2) is 5.51. The van der Waals surface area contributed by atoms with Gasteiger partial charge in [0, 0.05) is 22.0 Å². The zero-order valence-corrected chi connectivity index (χ0v) is 10.5. The predicted molar refractivity (Wildman–Crippen MR) is 69.5 cm³/mol. The first-order valence-electron chi connectivity index (χ1n) is 5.98. The molecule has 19 heavy (non-hydrogen) atoms. The summed E-state index contributed by atoms with van der Waals surface area (Å²) < 4.78 is 4.92. The maximum Gasteiger partial charge on any atom is 0.320 e. The molecule has 100 valence electrons. The first-order chi connectivity index (χ1) is 9.13. The summed E-state index contributed by atoms with van der Waals surface area (Å²) in [6.07, 6.45) is 1.63. The number of hydrogen-bond acceptors (Lipinski definition) is 4. The monoisotopic (exact) mass is 262 g/mol. The summed E-state index contributed by atoms with van der Waals surface area (Å²) in [6.45, 7) is 1.41. The summed E-state index contributed by atoms with van der Waals surface area (Å²) in [5.74, 6) is -1.45. The lowest BCUT2D eigenvalue weighted by Gasteiger charge is -2.10. The van der Waals surface area contributed by atoms with E-state index in [-0.39, 0.29) is 6.61 Å². The Balaban J connectivity index is 2.42. The number of nitrogens with zero attached hydrogens (tertiary/aromatic N) is 1. The molecule has 0 amide bonds. The molecule has 6 heteroatoms. The van der Waals surface area contributed by atoms with E-state index in [1.54, 1.807) is 13.1 Å². The molecule has 1 N–H and O–H groups in total. The minimum atomic E-state index is -0.883. The second-order valence-corrected chi connectivity index (χ2v) is 4.11. The van der Waals surface area contributed by atoms with Gasteiger partial charge in [0.25, 0.3) is 0 Å². The zero-order valence-electron chi connectivity index (χ0n) is 10.5. The number of carbonyl (C=O) groups excluding carboxylic acids is 1. The van der Waals surface area contributed by atoms with Crippen molar-refractivity contribution in [3.63, 3.8) is 0 Å². The van der Waals surface area contributed by atoms with Gasteiger partial charge >= 0.3 is 5.97 Å². The van der Waals surface area contributed by atoms with Crippen LogP contribution in [0.25, 0.3) is 10.9 Å². The van der Waals surface area contributed by atoms with Crippen molar-refractivity contribution < 1.29 is 14.5 Å². The lowest BCUT2D eigenvalue weighted by Crippen LogP contribution is -2.23. The highest BCUT2D eigenvalue weighted by Gasteiger charge is 2.29. The van der Waals surface area contributed by atoms with Crippen LogP contribution in [0.1, 0.15) is 18.4 Å². The summed E-state index contributed by atoms with van der Waals surface area (Å²) in [5.41, 5.74) is 1.45. The fraction of sp³-hybridized carbons (Fsp3) is 0.308. The Labute approximate surface area is 109 Å². The van der Waals surface area contributed by atoms with E-state index >= 15 is 0 Å². The van der Waals surface area contributed by atoms with Crippen LogP contribution in [0.5, 0.6) is 0 Å². The molecule has 0 aliphatic rings. The van der Waals surface area contributed by atoms with Crippen LogP contribution in [0, 0.1) is 10.1 Å². The maximum absolute atomic E-state index is 11.9. The quantitative estimate of drug-likeness (QED) is 0.508. The molecule has 6 nitrogen and oxygen atoms in total. The van der Waals surface area contributed by atoms with E-state index in [0.717, 1.165) is 10.9 Å². The summed E-state index contributed by atoms with van der Waals surface area (Å²) in [7, 11) is 0. The highest BCUT2D eigenvalue weighted by Crippen LogP contribution is 2.26. The molecule has 1 aromatic heterocycles. The lowest BCUT2D eigenvalue weighted by molar-refractivity contribution is -0.481. The number of carbonyl (C=O) groups is 1. The van der Waals surface area contributed by atoms with Crippen molar-refractivity contribution >= 4 is 16.9 Å². The number of para-hydroxylation sites is 1. The number of benzene rings is 1. The van der Waals surface area contributed by atoms with Crippen LogP contribution in [-0.2, 0) is 9.53 Å². The number of rotatable bonds is 5. The molecule has 2 rings (SSSR count). The van der Waals surface area contributed by atoms with Gasteiger partial charge in [-0.2, -0.15) is 0 Å². The van der Waals surface area contributed by atoms with E-state index in [0.29, 0.717) is 5.56 Å². The minimum Gasteiger partial charge on any atom is -0.465 e. The third kappa shape index (κ3) is 2.73. The summed E-state index contributed by atoms with van der Waals surface area (Å²) in [4.78, 5) is 25.1. The van der Waals surface area contributed by atoms with Gasteiger partial charge in [-0.15, -0.1) is 0 Å². The first-order valence-corrected chi connectivity index (χ1v) is 5.98. The number of aromatic amines is 1. The van der Waals surface area contributed by atoms with Gasteiger partial charge in [-0.1, -0.05) is 18.2 Å². The van der Waals surface area contributed by atoms with Gasteiger partial charge in [0.05, 0.1) is 6.61 Å². The topological polar surface area (TPSA) is 85.2 Å². The molecule has 0 aliphatic heterocycles. The van der Waals surface area contributed by atoms with E-state index in [1.165, 1.54) is 0 Å². The van der Waals surface area contributed by atoms with Crippen molar-refractivity contribution in [3.05, 3.63) is 46.1 Å². The van der Waals surface area contributed by atoms with Gasteiger partial charge in [0.2, 0.25) is 6.54 Å². The van der Waals surface area contributed by atoms with Crippen LogP contribution >= 0.6 is 0 Å². The second-order valence-electron chi connectivity index (χ2n) is 4.11. The molecular formula is C13H14N2O4. The largest absolute Gasteiger partial charge is 0.465 e. The molecule has 0 radical (unpaired) electrons. The molecule has 1 heterocycles. The SMILES string of the molecule is CCOC(=O)[C@@H](C[N+](=O)[O-])c1c[nH]c2ccccc12. The number of ether oxygens (including phenoxy) is 1. The van der Waals surface area contributed by atoms with Gasteiger partial charge in [0.1, 0.15) is 5.92 Å². The van der Waals surface area contributed by atoms with Gasteiger partial charge in [-0.25, -0.2) is 0 Å². The molecular weight excluding hydrogens is 248 g/mol. The average molecular weight is 262 g/mol. The Hall–Kier alpha value is -2.37. The molecule has 0 spiro atoms. The van der Waals surface area contributed by atoms with Gasteiger partial charge in [0.15, 0.2) is 0 Å². The molecule has 0 aliphatic carbocycles. The van der Waals surface area contributed by atoms with Crippen LogP contribution < -0.4 is 0 Å². The number of hydrogen-bond donors (Lipinski definition) is 1. The smallest absolute Gasteiger partial charge is 0.320 e. The van der Waals surface area contributed by atoms with Gasteiger partial charge < -0.3 is 9.72 Å². The van der Waals surface area contributed by atoms with Crippen molar-refractivity contribution in [2.45, 2.75) is 12.8 Å². The summed E-state index contributed by atoms with van der Waals surface area (Å²) in [6, 6.07) is 7.37. The number of H-pyrrole nitrogens is 1. The zero-order chi connectivity index (χ0) is 13.8. The molecule has 0 fully saturated rings. The van der Waals surface area contributed by atoms with Crippen molar-refractivity contribution in [2.75, 3.05) is 13.2 Å². The van der Waals surface area contributed by atoms with Crippen molar-refractivity contribution in [1.82, 2.24) is 4.98 Å². The molecule has 2 aromatic rings. The van der Waals surface area contributed by atoms with E-state index in [4.69, 9.17) is 4.74 Å². The third-order valence-corrected chi connectivity index (χ3v) is 2.90. The van der Waals surface area contributed by atoms with Crippen LogP contribution in [0.3, 0.4) is 0 Å². The van der Waals surface area contributed by atoms with Crippen molar-refractivity contribution in [3.8, 4) is 0 Å². The van der Waals surface area contributed by atoms with E-state index in [9.17, 15) is 14.9 Å². The predicted octanol–water partition coefficient (Wildman–Crippen LogP) is 2.09. The molecule has 0 saturated carbocycles. The maximum atomic E-state index is 11.9. The average Bonchev–Trinajstić information content (AvgIpc) is 2.79. The summed E-state index contributed by atoms with van der Waals surface area (Å²) in [5, 5.41) is 11.5. The Morgan fingerprint density at radius 1 is 1.47 bits per heavy atom. The number of aromatic nitrogens is 1. The molecule has 1 atom stereocenters. The Bertz CT molecular complexity index is 605. The van der Waals surface area contributed by atoms with E-state index in [2.05, 4.69) is 4.98 Å². The Kier molecular flexibility index (Phi) is 3.79. The van der Waals surface area contributed by atoms with E-state index in [1.807, 2.05) is 24.3 Å². The number of fused-ring (bicyclic) bond motifs is 1. The van der Waals surface area contributed by atoms with E-state index < -0.39 is 23.4 Å². The fourth-order valence-electron chi connectivity index (χ4n) is 2.07.